The van der Waals surface area contributed by atoms with Crippen LogP contribution in [-0.4, -0.2) is 25.6 Å². The topological polar surface area (TPSA) is 88.0 Å². The average molecular weight is 304 g/mol. The molecule has 0 spiro atoms. The maximum Gasteiger partial charge on any atom is 0.341 e. The number of carboxylic acids is 1. The molecule has 0 amide bonds. The van der Waals surface area contributed by atoms with E-state index in [0.717, 1.165) is 12.8 Å². The van der Waals surface area contributed by atoms with Crippen LogP contribution in [0.5, 0.6) is 0 Å². The van der Waals surface area contributed by atoms with Gasteiger partial charge in [-0.05, 0) is 18.9 Å². The molecule has 1 aliphatic rings. The number of halogens is 1. The molecule has 0 radical (unpaired) electrons. The number of carboxylic acid groups (broad SMARTS) is 1. The molecule has 2 heterocycles. The van der Waals surface area contributed by atoms with Crippen molar-refractivity contribution in [1.82, 2.24) is 14.5 Å². The van der Waals surface area contributed by atoms with Gasteiger partial charge in [0.2, 0.25) is 5.43 Å². The van der Waals surface area contributed by atoms with Crippen LogP contribution in [0.1, 0.15) is 29.2 Å². The highest BCUT2D eigenvalue weighted by atomic mass is 35.5. The van der Waals surface area contributed by atoms with Gasteiger partial charge in [0.1, 0.15) is 11.1 Å². The Morgan fingerprint density at radius 1 is 1.48 bits per heavy atom. The molecule has 106 valence electrons. The van der Waals surface area contributed by atoms with Gasteiger partial charge in [0.15, 0.2) is 0 Å². The van der Waals surface area contributed by atoms with Crippen LogP contribution in [0, 0.1) is 0 Å². The fraction of sp³-hybridized carbons (Fsp3) is 0.214. The first kappa shape index (κ1) is 12.4. The second-order valence-electron chi connectivity index (χ2n) is 5.19. The maximum absolute atomic E-state index is 12.5. The van der Waals surface area contributed by atoms with Crippen LogP contribution < -0.4 is 5.43 Å². The van der Waals surface area contributed by atoms with E-state index in [9.17, 15) is 14.7 Å². The van der Waals surface area contributed by atoms with Crippen molar-refractivity contribution in [3.63, 3.8) is 0 Å². The SMILES string of the molecule is O=C(O)c1cn(C2CC2)c2cc(Cl)c3nc[nH]c3c2c1=O. The zero-order chi connectivity index (χ0) is 14.7. The molecule has 7 heteroatoms. The molecule has 1 saturated carbocycles. The molecule has 0 aliphatic heterocycles. The van der Waals surface area contributed by atoms with Crippen LogP contribution >= 0.6 is 11.6 Å². The molecule has 1 aromatic carbocycles. The number of aromatic carboxylic acids is 1. The number of carbonyl (C=O) groups is 1. The van der Waals surface area contributed by atoms with Crippen LogP contribution in [0.25, 0.3) is 21.9 Å². The summed E-state index contributed by atoms with van der Waals surface area (Å²) in [7, 11) is 0. The second kappa shape index (κ2) is 4.08. The molecule has 21 heavy (non-hydrogen) atoms. The summed E-state index contributed by atoms with van der Waals surface area (Å²) >= 11 is 6.21. The fourth-order valence-corrected chi connectivity index (χ4v) is 2.94. The van der Waals surface area contributed by atoms with E-state index in [-0.39, 0.29) is 11.6 Å². The highest BCUT2D eigenvalue weighted by Crippen LogP contribution is 2.38. The summed E-state index contributed by atoms with van der Waals surface area (Å²) in [6.07, 6.45) is 4.80. The summed E-state index contributed by atoms with van der Waals surface area (Å²) in [4.78, 5) is 30.8. The van der Waals surface area contributed by atoms with Crippen LogP contribution in [0.2, 0.25) is 5.02 Å². The number of pyridine rings is 1. The predicted octanol–water partition coefficient (Wildman–Crippen LogP) is 2.56. The number of fused-ring (bicyclic) bond motifs is 3. The monoisotopic (exact) mass is 303 g/mol. The third kappa shape index (κ3) is 1.69. The molecule has 3 aromatic rings. The third-order valence-corrected chi connectivity index (χ3v) is 4.11. The van der Waals surface area contributed by atoms with Crippen molar-refractivity contribution in [3.8, 4) is 0 Å². The maximum atomic E-state index is 12.5. The van der Waals surface area contributed by atoms with Crippen molar-refractivity contribution < 1.29 is 9.90 Å². The summed E-state index contributed by atoms with van der Waals surface area (Å²) in [5.74, 6) is -1.22. The molecule has 2 N–H and O–H groups in total. The van der Waals surface area contributed by atoms with E-state index in [1.54, 1.807) is 6.07 Å². The minimum atomic E-state index is -1.22. The van der Waals surface area contributed by atoms with Crippen LogP contribution in [0.3, 0.4) is 0 Å². The van der Waals surface area contributed by atoms with E-state index in [1.165, 1.54) is 12.5 Å². The first-order valence-corrected chi connectivity index (χ1v) is 6.89. The van der Waals surface area contributed by atoms with Crippen LogP contribution in [0.4, 0.5) is 0 Å². The predicted molar refractivity (Wildman–Crippen MR) is 78.1 cm³/mol. The Hall–Kier alpha value is -2.34. The van der Waals surface area contributed by atoms with Crippen LogP contribution in [0.15, 0.2) is 23.4 Å². The van der Waals surface area contributed by atoms with E-state index in [2.05, 4.69) is 9.97 Å². The molecule has 4 rings (SSSR count). The number of hydrogen-bond acceptors (Lipinski definition) is 3. The van der Waals surface area contributed by atoms with Crippen molar-refractivity contribution in [1.29, 1.82) is 0 Å². The molecular formula is C14H10ClN3O3. The van der Waals surface area contributed by atoms with Gasteiger partial charge in [0.05, 0.1) is 27.8 Å². The Bertz CT molecular complexity index is 969. The lowest BCUT2D eigenvalue weighted by atomic mass is 10.1. The van der Waals surface area contributed by atoms with E-state index in [4.69, 9.17) is 11.6 Å². The molecular weight excluding hydrogens is 294 g/mol. The summed E-state index contributed by atoms with van der Waals surface area (Å²) in [5.41, 5.74) is 0.869. The Kier molecular flexibility index (Phi) is 2.41. The van der Waals surface area contributed by atoms with Gasteiger partial charge in [-0.3, -0.25) is 4.79 Å². The minimum absolute atomic E-state index is 0.225. The highest BCUT2D eigenvalue weighted by molar-refractivity contribution is 6.36. The number of nitrogens with one attached hydrogen (secondary N) is 1. The molecule has 0 unspecified atom stereocenters. The lowest BCUT2D eigenvalue weighted by molar-refractivity contribution is 0.0695. The van der Waals surface area contributed by atoms with E-state index < -0.39 is 11.4 Å². The first-order valence-electron chi connectivity index (χ1n) is 6.51. The Morgan fingerprint density at radius 3 is 2.90 bits per heavy atom. The lowest BCUT2D eigenvalue weighted by Gasteiger charge is -2.12. The number of hydrogen-bond donors (Lipinski definition) is 2. The van der Waals surface area contributed by atoms with Gasteiger partial charge in [0, 0.05) is 12.2 Å². The van der Waals surface area contributed by atoms with E-state index in [1.807, 2.05) is 4.57 Å². The number of rotatable bonds is 2. The van der Waals surface area contributed by atoms with Crippen molar-refractivity contribution in [2.45, 2.75) is 18.9 Å². The minimum Gasteiger partial charge on any atom is -0.477 e. The Morgan fingerprint density at radius 2 is 2.24 bits per heavy atom. The van der Waals surface area contributed by atoms with Gasteiger partial charge in [-0.2, -0.15) is 0 Å². The number of imidazole rings is 1. The van der Waals surface area contributed by atoms with Gasteiger partial charge in [-0.25, -0.2) is 9.78 Å². The van der Waals surface area contributed by atoms with Crippen molar-refractivity contribution in [2.24, 2.45) is 0 Å². The van der Waals surface area contributed by atoms with Crippen molar-refractivity contribution in [3.05, 3.63) is 39.4 Å². The molecule has 1 aliphatic carbocycles. The van der Waals surface area contributed by atoms with Crippen molar-refractivity contribution >= 4 is 39.5 Å². The van der Waals surface area contributed by atoms with Gasteiger partial charge < -0.3 is 14.7 Å². The molecule has 2 aromatic heterocycles. The van der Waals surface area contributed by atoms with Crippen molar-refractivity contribution in [2.75, 3.05) is 0 Å². The summed E-state index contributed by atoms with van der Waals surface area (Å²) in [5, 5.41) is 10.0. The Labute approximate surface area is 123 Å². The number of benzene rings is 1. The van der Waals surface area contributed by atoms with Gasteiger partial charge in [-0.15, -0.1) is 0 Å². The average Bonchev–Trinajstić information content (AvgIpc) is 3.15. The second-order valence-corrected chi connectivity index (χ2v) is 5.60. The smallest absolute Gasteiger partial charge is 0.341 e. The third-order valence-electron chi connectivity index (χ3n) is 3.82. The number of aromatic nitrogens is 3. The largest absolute Gasteiger partial charge is 0.477 e. The molecule has 0 bridgehead atoms. The van der Waals surface area contributed by atoms with E-state index in [0.29, 0.717) is 27.0 Å². The first-order chi connectivity index (χ1) is 10.1. The molecule has 6 nitrogen and oxygen atoms in total. The summed E-state index contributed by atoms with van der Waals surface area (Å²) in [6.45, 7) is 0. The molecule has 0 atom stereocenters. The highest BCUT2D eigenvalue weighted by Gasteiger charge is 2.28. The molecule has 0 saturated heterocycles. The summed E-state index contributed by atoms with van der Waals surface area (Å²) in [6, 6.07) is 1.91. The number of H-pyrrole nitrogens is 1. The number of aromatic amines is 1. The Balaban J connectivity index is 2.28. The normalized spacial score (nSPS) is 14.9. The number of nitrogens with zero attached hydrogens (tertiary/aromatic N) is 2. The zero-order valence-electron chi connectivity index (χ0n) is 10.8. The van der Waals surface area contributed by atoms with Crippen LogP contribution in [-0.2, 0) is 0 Å². The molecule has 1 fully saturated rings. The van der Waals surface area contributed by atoms with Gasteiger partial charge in [0.25, 0.3) is 0 Å². The van der Waals surface area contributed by atoms with E-state index >= 15 is 0 Å². The zero-order valence-corrected chi connectivity index (χ0v) is 11.5. The van der Waals surface area contributed by atoms with Gasteiger partial charge in [-0.1, -0.05) is 11.6 Å². The fourth-order valence-electron chi connectivity index (χ4n) is 2.70. The standard InChI is InChI=1S/C14H10ClN3O3/c15-8-3-9-10(12-11(8)16-5-17-12)13(19)7(14(20)21)4-18(9)6-1-2-6/h3-6H,1-2H2,(H,16,17)(H,20,21). The van der Waals surface area contributed by atoms with Gasteiger partial charge >= 0.3 is 5.97 Å². The summed E-state index contributed by atoms with van der Waals surface area (Å²) < 4.78 is 1.84. The lowest BCUT2D eigenvalue weighted by Crippen LogP contribution is -2.19. The quantitative estimate of drug-likeness (QED) is 0.761.